The molecule has 0 aliphatic heterocycles. The number of rotatable bonds is 6. The van der Waals surface area contributed by atoms with Crippen LogP contribution in [0.15, 0.2) is 29.0 Å². The fourth-order valence-corrected chi connectivity index (χ4v) is 1.78. The number of amides is 2. The predicted octanol–water partition coefficient (Wildman–Crippen LogP) is 0.276. The highest BCUT2D eigenvalue weighted by atomic mass is 16.4. The van der Waals surface area contributed by atoms with E-state index in [1.165, 1.54) is 18.5 Å². The van der Waals surface area contributed by atoms with Gasteiger partial charge < -0.3 is 20.6 Å². The number of aliphatic carboxylic acids is 1. The van der Waals surface area contributed by atoms with Crippen LogP contribution >= 0.6 is 0 Å². The maximum absolute atomic E-state index is 12.0. The van der Waals surface area contributed by atoms with E-state index in [1.54, 1.807) is 6.07 Å². The number of hydrogen-bond donors (Lipinski definition) is 3. The van der Waals surface area contributed by atoms with E-state index in [0.717, 1.165) is 0 Å². The minimum Gasteiger partial charge on any atom is -0.480 e. The summed E-state index contributed by atoms with van der Waals surface area (Å²) in [4.78, 5) is 37.7. The largest absolute Gasteiger partial charge is 0.480 e. The molecule has 0 spiro atoms. The van der Waals surface area contributed by atoms with Gasteiger partial charge in [-0.3, -0.25) is 9.59 Å². The average Bonchev–Trinajstić information content (AvgIpc) is 2.89. The van der Waals surface area contributed by atoms with Crippen LogP contribution in [-0.2, 0) is 9.59 Å². The standard InChI is InChI=1S/C13H13N3O5/c14-11(17)4-2-8(13(19)20)16-12(18)7-1-3-10-9(5-7)15-6-21-10/h1,3,5-6,8H,2,4H2,(H2,14,17)(H,16,18)(H,19,20). The molecule has 0 saturated carbocycles. The van der Waals surface area contributed by atoms with Crippen LogP contribution in [0, 0.1) is 0 Å². The van der Waals surface area contributed by atoms with Crippen LogP contribution in [0.25, 0.3) is 11.1 Å². The number of primary amides is 1. The third-order valence-corrected chi connectivity index (χ3v) is 2.88. The van der Waals surface area contributed by atoms with Crippen LogP contribution < -0.4 is 11.1 Å². The van der Waals surface area contributed by atoms with E-state index in [2.05, 4.69) is 10.3 Å². The second-order valence-corrected chi connectivity index (χ2v) is 4.40. The van der Waals surface area contributed by atoms with Crippen molar-refractivity contribution in [1.82, 2.24) is 10.3 Å². The smallest absolute Gasteiger partial charge is 0.326 e. The summed E-state index contributed by atoms with van der Waals surface area (Å²) < 4.78 is 5.05. The quantitative estimate of drug-likeness (QED) is 0.699. The van der Waals surface area contributed by atoms with E-state index < -0.39 is 23.8 Å². The van der Waals surface area contributed by atoms with Gasteiger partial charge in [0, 0.05) is 12.0 Å². The van der Waals surface area contributed by atoms with Gasteiger partial charge >= 0.3 is 5.97 Å². The molecule has 1 unspecified atom stereocenters. The van der Waals surface area contributed by atoms with Crippen molar-refractivity contribution in [2.45, 2.75) is 18.9 Å². The molecular weight excluding hydrogens is 278 g/mol. The molecule has 0 fully saturated rings. The van der Waals surface area contributed by atoms with Crippen molar-refractivity contribution in [3.8, 4) is 0 Å². The van der Waals surface area contributed by atoms with Crippen LogP contribution in [0.5, 0.6) is 0 Å². The van der Waals surface area contributed by atoms with E-state index in [4.69, 9.17) is 15.3 Å². The molecule has 0 aliphatic carbocycles. The number of nitrogens with one attached hydrogen (secondary N) is 1. The Morgan fingerprint density at radius 1 is 1.38 bits per heavy atom. The summed E-state index contributed by atoms with van der Waals surface area (Å²) in [5.41, 5.74) is 6.24. The lowest BCUT2D eigenvalue weighted by atomic mass is 10.1. The second kappa shape index (κ2) is 6.04. The first-order chi connectivity index (χ1) is 9.97. The number of hydrogen-bond acceptors (Lipinski definition) is 5. The molecule has 110 valence electrons. The molecule has 2 aromatic rings. The van der Waals surface area contributed by atoms with Gasteiger partial charge in [0.25, 0.3) is 5.91 Å². The summed E-state index contributed by atoms with van der Waals surface area (Å²) in [6, 6.07) is 3.37. The lowest BCUT2D eigenvalue weighted by Crippen LogP contribution is -2.41. The fourth-order valence-electron chi connectivity index (χ4n) is 1.78. The Bertz CT molecular complexity index is 694. The number of carbonyl (C=O) groups excluding carboxylic acids is 2. The first kappa shape index (κ1) is 14.5. The summed E-state index contributed by atoms with van der Waals surface area (Å²) in [6.45, 7) is 0. The fraction of sp³-hybridized carbons (Fsp3) is 0.231. The number of oxazole rings is 1. The Morgan fingerprint density at radius 3 is 2.81 bits per heavy atom. The molecule has 8 heteroatoms. The summed E-state index contributed by atoms with van der Waals surface area (Å²) in [5, 5.41) is 11.4. The average molecular weight is 291 g/mol. The maximum atomic E-state index is 12.0. The number of carboxylic acids is 1. The first-order valence-corrected chi connectivity index (χ1v) is 6.12. The highest BCUT2D eigenvalue weighted by Crippen LogP contribution is 2.14. The Kier molecular flexibility index (Phi) is 4.17. The molecule has 1 heterocycles. The van der Waals surface area contributed by atoms with Crippen molar-refractivity contribution < 1.29 is 23.9 Å². The molecule has 8 nitrogen and oxygen atoms in total. The van der Waals surface area contributed by atoms with Crippen LogP contribution in [0.2, 0.25) is 0 Å². The Morgan fingerprint density at radius 2 is 2.14 bits per heavy atom. The molecule has 1 aromatic carbocycles. The van der Waals surface area contributed by atoms with Gasteiger partial charge in [-0.05, 0) is 24.6 Å². The van der Waals surface area contributed by atoms with Crippen molar-refractivity contribution >= 4 is 28.9 Å². The van der Waals surface area contributed by atoms with Gasteiger partial charge in [-0.25, -0.2) is 9.78 Å². The predicted molar refractivity (Wildman–Crippen MR) is 71.3 cm³/mol. The van der Waals surface area contributed by atoms with Gasteiger partial charge in [-0.15, -0.1) is 0 Å². The van der Waals surface area contributed by atoms with E-state index in [1.807, 2.05) is 0 Å². The number of carboxylic acid groups (broad SMARTS) is 1. The number of carbonyl (C=O) groups is 3. The molecule has 0 saturated heterocycles. The van der Waals surface area contributed by atoms with Crippen molar-refractivity contribution in [2.24, 2.45) is 5.73 Å². The van der Waals surface area contributed by atoms with Gasteiger partial charge in [-0.2, -0.15) is 0 Å². The van der Waals surface area contributed by atoms with Crippen molar-refractivity contribution in [3.63, 3.8) is 0 Å². The van der Waals surface area contributed by atoms with Crippen molar-refractivity contribution in [1.29, 1.82) is 0 Å². The van der Waals surface area contributed by atoms with Gasteiger partial charge in [0.05, 0.1) is 0 Å². The highest BCUT2D eigenvalue weighted by molar-refractivity contribution is 5.99. The monoisotopic (exact) mass is 291 g/mol. The topological polar surface area (TPSA) is 136 Å². The number of nitrogens with two attached hydrogens (primary N) is 1. The Hall–Kier alpha value is -2.90. The second-order valence-electron chi connectivity index (χ2n) is 4.40. The zero-order valence-electron chi connectivity index (χ0n) is 10.9. The Balaban J connectivity index is 2.10. The first-order valence-electron chi connectivity index (χ1n) is 6.12. The SMILES string of the molecule is NC(=O)CCC(NC(=O)c1ccc2ocnc2c1)C(=O)O. The molecule has 21 heavy (non-hydrogen) atoms. The normalized spacial score (nSPS) is 12.0. The Labute approximate surface area is 118 Å². The van der Waals surface area contributed by atoms with Crippen LogP contribution in [0.3, 0.4) is 0 Å². The lowest BCUT2D eigenvalue weighted by Gasteiger charge is -2.13. The molecule has 1 aromatic heterocycles. The number of nitrogens with zero attached hydrogens (tertiary/aromatic N) is 1. The molecule has 0 radical (unpaired) electrons. The molecule has 0 bridgehead atoms. The van der Waals surface area contributed by atoms with Crippen molar-refractivity contribution in [3.05, 3.63) is 30.2 Å². The van der Waals surface area contributed by atoms with Gasteiger partial charge in [-0.1, -0.05) is 0 Å². The van der Waals surface area contributed by atoms with Gasteiger partial charge in [0.15, 0.2) is 12.0 Å². The van der Waals surface area contributed by atoms with Crippen LogP contribution in [0.1, 0.15) is 23.2 Å². The highest BCUT2D eigenvalue weighted by Gasteiger charge is 2.21. The van der Waals surface area contributed by atoms with Crippen LogP contribution in [0.4, 0.5) is 0 Å². The molecule has 2 amide bonds. The zero-order chi connectivity index (χ0) is 15.4. The van der Waals surface area contributed by atoms with E-state index in [9.17, 15) is 14.4 Å². The molecular formula is C13H13N3O5. The minimum atomic E-state index is -1.23. The molecule has 4 N–H and O–H groups in total. The van der Waals surface area contributed by atoms with Gasteiger partial charge in [0.2, 0.25) is 5.91 Å². The number of fused-ring (bicyclic) bond motifs is 1. The van der Waals surface area contributed by atoms with Crippen molar-refractivity contribution in [2.75, 3.05) is 0 Å². The summed E-state index contributed by atoms with van der Waals surface area (Å²) in [6.07, 6.45) is 1.06. The molecule has 0 aliphatic rings. The minimum absolute atomic E-state index is 0.0669. The van der Waals surface area contributed by atoms with E-state index >= 15 is 0 Å². The third-order valence-electron chi connectivity index (χ3n) is 2.88. The molecule has 2 rings (SSSR count). The third kappa shape index (κ3) is 3.56. The van der Waals surface area contributed by atoms with Gasteiger partial charge in [0.1, 0.15) is 11.6 Å². The summed E-state index contributed by atoms with van der Waals surface area (Å²) >= 11 is 0. The maximum Gasteiger partial charge on any atom is 0.326 e. The molecule has 1 atom stereocenters. The number of aromatic nitrogens is 1. The zero-order valence-corrected chi connectivity index (χ0v) is 10.9. The summed E-state index contributed by atoms with van der Waals surface area (Å²) in [7, 11) is 0. The van der Waals surface area contributed by atoms with E-state index in [0.29, 0.717) is 11.1 Å². The van der Waals surface area contributed by atoms with E-state index in [-0.39, 0.29) is 18.4 Å². The number of benzene rings is 1. The lowest BCUT2D eigenvalue weighted by molar-refractivity contribution is -0.139. The summed E-state index contributed by atoms with van der Waals surface area (Å²) in [5.74, 6) is -2.43. The van der Waals surface area contributed by atoms with Crippen LogP contribution in [-0.4, -0.2) is 33.9 Å².